The minimum Gasteiger partial charge on any atom is -0.393 e. The molecule has 1 N–H and O–H groups in total. The number of rotatable bonds is 2. The number of nitrogens with zero attached hydrogens (tertiary/aromatic N) is 1. The highest BCUT2D eigenvalue weighted by atomic mass is 19.4. The van der Waals surface area contributed by atoms with Crippen LogP contribution >= 0.6 is 0 Å². The lowest BCUT2D eigenvalue weighted by molar-refractivity contribution is -0.385. The predicted molar refractivity (Wildman–Crippen MR) is 62.0 cm³/mol. The summed E-state index contributed by atoms with van der Waals surface area (Å²) in [6.45, 7) is 0.153. The molecular weight excluding hydrogens is 279 g/mol. The maximum Gasteiger partial charge on any atom is 0.417 e. The smallest absolute Gasteiger partial charge is 0.393 e. The molecule has 1 aromatic rings. The van der Waals surface area contributed by atoms with Crippen LogP contribution in [0.2, 0.25) is 0 Å². The lowest BCUT2D eigenvalue weighted by atomic mass is 9.94. The minimum absolute atomic E-state index is 0.0426. The molecule has 1 fully saturated rings. The summed E-state index contributed by atoms with van der Waals surface area (Å²) >= 11 is 0. The second-order valence-electron chi connectivity index (χ2n) is 4.56. The standard InChI is InChI=1S/C12H12F3NO4/c13-12(14,15)10-5-7(16(18)19)1-2-9(10)11-6-8(17)3-4-20-11/h1-2,5,8,11,17H,3-4,6H2. The average Bonchev–Trinajstić information content (AvgIpc) is 2.37. The first-order chi connectivity index (χ1) is 9.29. The Morgan fingerprint density at radius 2 is 2.10 bits per heavy atom. The number of benzene rings is 1. The summed E-state index contributed by atoms with van der Waals surface area (Å²) in [6, 6.07) is 2.55. The lowest BCUT2D eigenvalue weighted by Gasteiger charge is -2.28. The topological polar surface area (TPSA) is 72.6 Å². The van der Waals surface area contributed by atoms with Gasteiger partial charge in [0.2, 0.25) is 0 Å². The van der Waals surface area contributed by atoms with Crippen molar-refractivity contribution in [2.24, 2.45) is 0 Å². The average molecular weight is 291 g/mol. The Labute approximate surface area is 112 Å². The molecule has 5 nitrogen and oxygen atoms in total. The van der Waals surface area contributed by atoms with E-state index in [9.17, 15) is 28.4 Å². The van der Waals surface area contributed by atoms with Gasteiger partial charge in [0.15, 0.2) is 0 Å². The van der Waals surface area contributed by atoms with Gasteiger partial charge in [0.1, 0.15) is 0 Å². The van der Waals surface area contributed by atoms with Crippen molar-refractivity contribution in [3.63, 3.8) is 0 Å². The SMILES string of the molecule is O=[N+]([O-])c1ccc(C2CC(O)CCO2)c(C(F)(F)F)c1. The van der Waals surface area contributed by atoms with Crippen LogP contribution in [0.5, 0.6) is 0 Å². The summed E-state index contributed by atoms with van der Waals surface area (Å²) in [7, 11) is 0. The minimum atomic E-state index is -4.72. The third kappa shape index (κ3) is 3.07. The van der Waals surface area contributed by atoms with E-state index in [2.05, 4.69) is 0 Å². The highest BCUT2D eigenvalue weighted by molar-refractivity contribution is 5.42. The molecule has 1 saturated heterocycles. The largest absolute Gasteiger partial charge is 0.417 e. The zero-order chi connectivity index (χ0) is 14.9. The van der Waals surface area contributed by atoms with Crippen molar-refractivity contribution in [2.75, 3.05) is 6.61 Å². The van der Waals surface area contributed by atoms with E-state index in [-0.39, 0.29) is 18.6 Å². The molecule has 1 heterocycles. The molecule has 2 unspecified atom stereocenters. The van der Waals surface area contributed by atoms with Crippen LogP contribution in [0.4, 0.5) is 18.9 Å². The van der Waals surface area contributed by atoms with Gasteiger partial charge in [0.25, 0.3) is 5.69 Å². The molecule has 0 saturated carbocycles. The Balaban J connectivity index is 2.43. The van der Waals surface area contributed by atoms with Crippen LogP contribution in [0.1, 0.15) is 30.1 Å². The summed E-state index contributed by atoms with van der Waals surface area (Å²) in [6.07, 6.45) is -5.94. The van der Waals surface area contributed by atoms with E-state index in [1.54, 1.807) is 0 Å². The molecule has 0 amide bonds. The van der Waals surface area contributed by atoms with Gasteiger partial charge in [-0.05, 0) is 18.1 Å². The second-order valence-corrected chi connectivity index (χ2v) is 4.56. The number of alkyl halides is 3. The number of aliphatic hydroxyl groups is 1. The maximum atomic E-state index is 13.0. The Kier molecular flexibility index (Phi) is 3.96. The first-order valence-electron chi connectivity index (χ1n) is 5.94. The Morgan fingerprint density at radius 3 is 2.65 bits per heavy atom. The molecule has 2 rings (SSSR count). The molecule has 0 radical (unpaired) electrons. The van der Waals surface area contributed by atoms with E-state index < -0.39 is 34.6 Å². The summed E-state index contributed by atoms with van der Waals surface area (Å²) < 4.78 is 44.3. The summed E-state index contributed by atoms with van der Waals surface area (Å²) in [5, 5.41) is 20.1. The van der Waals surface area contributed by atoms with E-state index in [0.29, 0.717) is 12.5 Å². The van der Waals surface area contributed by atoms with E-state index in [1.165, 1.54) is 0 Å². The van der Waals surface area contributed by atoms with Gasteiger partial charge in [-0.3, -0.25) is 10.1 Å². The van der Waals surface area contributed by atoms with Crippen LogP contribution in [0, 0.1) is 10.1 Å². The van der Waals surface area contributed by atoms with Crippen LogP contribution in [-0.2, 0) is 10.9 Å². The van der Waals surface area contributed by atoms with Gasteiger partial charge in [-0.25, -0.2) is 0 Å². The first-order valence-corrected chi connectivity index (χ1v) is 5.94. The lowest BCUT2D eigenvalue weighted by Crippen LogP contribution is -2.25. The summed E-state index contributed by atoms with van der Waals surface area (Å²) in [5.74, 6) is 0. The van der Waals surface area contributed by atoms with Gasteiger partial charge in [-0.15, -0.1) is 0 Å². The zero-order valence-corrected chi connectivity index (χ0v) is 10.3. The van der Waals surface area contributed by atoms with Crippen molar-refractivity contribution < 1.29 is 27.9 Å². The fraction of sp³-hybridized carbons (Fsp3) is 0.500. The fourth-order valence-corrected chi connectivity index (χ4v) is 2.18. The second kappa shape index (κ2) is 5.37. The zero-order valence-electron chi connectivity index (χ0n) is 10.3. The van der Waals surface area contributed by atoms with Crippen LogP contribution in [0.15, 0.2) is 18.2 Å². The molecule has 0 aromatic heterocycles. The molecule has 1 aliphatic rings. The normalized spacial score (nSPS) is 23.6. The Morgan fingerprint density at radius 1 is 1.40 bits per heavy atom. The third-order valence-corrected chi connectivity index (χ3v) is 3.16. The van der Waals surface area contributed by atoms with Crippen LogP contribution < -0.4 is 0 Å². The van der Waals surface area contributed by atoms with Gasteiger partial charge < -0.3 is 9.84 Å². The number of halogens is 3. The van der Waals surface area contributed by atoms with Gasteiger partial charge in [0.05, 0.1) is 22.7 Å². The van der Waals surface area contributed by atoms with E-state index in [0.717, 1.165) is 12.1 Å². The monoisotopic (exact) mass is 291 g/mol. The molecule has 0 aliphatic carbocycles. The van der Waals surface area contributed by atoms with Crippen molar-refractivity contribution in [2.45, 2.75) is 31.2 Å². The number of hydrogen-bond acceptors (Lipinski definition) is 4. The molecule has 20 heavy (non-hydrogen) atoms. The fourth-order valence-electron chi connectivity index (χ4n) is 2.18. The van der Waals surface area contributed by atoms with Crippen LogP contribution in [0.25, 0.3) is 0 Å². The van der Waals surface area contributed by atoms with Gasteiger partial charge in [0, 0.05) is 25.2 Å². The van der Waals surface area contributed by atoms with E-state index >= 15 is 0 Å². The number of aliphatic hydroxyl groups excluding tert-OH is 1. The van der Waals surface area contributed by atoms with E-state index in [1.807, 2.05) is 0 Å². The molecule has 0 spiro atoms. The molecule has 0 bridgehead atoms. The van der Waals surface area contributed by atoms with Gasteiger partial charge >= 0.3 is 6.18 Å². The number of nitro groups is 1. The maximum absolute atomic E-state index is 13.0. The number of ether oxygens (including phenoxy) is 1. The number of non-ortho nitro benzene ring substituents is 1. The number of nitro benzene ring substituents is 1. The van der Waals surface area contributed by atoms with Gasteiger partial charge in [-0.1, -0.05) is 0 Å². The molecule has 2 atom stereocenters. The third-order valence-electron chi connectivity index (χ3n) is 3.16. The molecule has 8 heteroatoms. The Bertz CT molecular complexity index is 518. The van der Waals surface area contributed by atoms with Crippen LogP contribution in [0.3, 0.4) is 0 Å². The molecular formula is C12H12F3NO4. The van der Waals surface area contributed by atoms with E-state index in [4.69, 9.17) is 4.74 Å². The van der Waals surface area contributed by atoms with Gasteiger partial charge in [-0.2, -0.15) is 13.2 Å². The van der Waals surface area contributed by atoms with Crippen molar-refractivity contribution in [1.29, 1.82) is 0 Å². The Hall–Kier alpha value is -1.67. The quantitative estimate of drug-likeness (QED) is 0.671. The van der Waals surface area contributed by atoms with Crippen molar-refractivity contribution in [3.8, 4) is 0 Å². The molecule has 1 aliphatic heterocycles. The summed E-state index contributed by atoms with van der Waals surface area (Å²) in [5.41, 5.74) is -1.90. The predicted octanol–water partition coefficient (Wildman–Crippen LogP) is 2.83. The van der Waals surface area contributed by atoms with Crippen molar-refractivity contribution in [3.05, 3.63) is 39.4 Å². The van der Waals surface area contributed by atoms with Crippen molar-refractivity contribution >= 4 is 5.69 Å². The number of hydrogen-bond donors (Lipinski definition) is 1. The summed E-state index contributed by atoms with van der Waals surface area (Å²) in [4.78, 5) is 9.71. The highest BCUT2D eigenvalue weighted by Crippen LogP contribution is 2.40. The van der Waals surface area contributed by atoms with Crippen molar-refractivity contribution in [1.82, 2.24) is 0 Å². The molecule has 1 aromatic carbocycles. The highest BCUT2D eigenvalue weighted by Gasteiger charge is 2.38. The molecule has 110 valence electrons. The first kappa shape index (κ1) is 14.7. The van der Waals surface area contributed by atoms with Crippen LogP contribution in [-0.4, -0.2) is 22.7 Å².